The second kappa shape index (κ2) is 5.65. The minimum atomic E-state index is -4.07. The molecule has 19 heavy (non-hydrogen) atoms. The van der Waals surface area contributed by atoms with E-state index in [-0.39, 0.29) is 6.42 Å². The molecule has 0 spiro atoms. The molecule has 0 bridgehead atoms. The summed E-state index contributed by atoms with van der Waals surface area (Å²) in [4.78, 5) is 0. The van der Waals surface area contributed by atoms with E-state index in [1.54, 1.807) is 0 Å². The van der Waals surface area contributed by atoms with Gasteiger partial charge in [0.15, 0.2) is 0 Å². The average molecular weight is 270 g/mol. The van der Waals surface area contributed by atoms with Gasteiger partial charge in [0.25, 0.3) is 0 Å². The molecular weight excluding hydrogens is 253 g/mol. The molecular formula is C14H17F3N2. The molecule has 1 aromatic heterocycles. The predicted molar refractivity (Wildman–Crippen MR) is 70.0 cm³/mol. The van der Waals surface area contributed by atoms with Gasteiger partial charge in [0.05, 0.1) is 0 Å². The SMILES string of the molecule is CNCc1cn(CCCC(F)(F)F)c2ccccc12. The van der Waals surface area contributed by atoms with E-state index in [2.05, 4.69) is 5.32 Å². The number of alkyl halides is 3. The van der Waals surface area contributed by atoms with E-state index in [9.17, 15) is 13.2 Å². The zero-order chi connectivity index (χ0) is 13.9. The van der Waals surface area contributed by atoms with Crippen LogP contribution in [0.5, 0.6) is 0 Å². The molecule has 0 atom stereocenters. The summed E-state index contributed by atoms with van der Waals surface area (Å²) in [5, 5.41) is 4.18. The zero-order valence-corrected chi connectivity index (χ0v) is 10.8. The second-order valence-corrected chi connectivity index (χ2v) is 4.61. The first-order chi connectivity index (χ1) is 9.01. The van der Waals surface area contributed by atoms with Crippen LogP contribution < -0.4 is 5.32 Å². The average Bonchev–Trinajstić information content (AvgIpc) is 2.68. The normalized spacial score (nSPS) is 12.2. The quantitative estimate of drug-likeness (QED) is 0.876. The van der Waals surface area contributed by atoms with Crippen molar-refractivity contribution in [2.75, 3.05) is 7.05 Å². The molecule has 0 amide bonds. The molecule has 5 heteroatoms. The number of halogens is 3. The minimum absolute atomic E-state index is 0.112. The Labute approximate surface area is 110 Å². The lowest BCUT2D eigenvalue weighted by molar-refractivity contribution is -0.135. The fourth-order valence-corrected chi connectivity index (χ4v) is 2.29. The summed E-state index contributed by atoms with van der Waals surface area (Å²) in [5.41, 5.74) is 2.11. The maximum Gasteiger partial charge on any atom is 0.389 e. The van der Waals surface area contributed by atoms with Gasteiger partial charge in [-0.25, -0.2) is 0 Å². The van der Waals surface area contributed by atoms with Crippen LogP contribution in [0.4, 0.5) is 13.2 Å². The minimum Gasteiger partial charge on any atom is -0.347 e. The lowest BCUT2D eigenvalue weighted by Crippen LogP contribution is -2.09. The van der Waals surface area contributed by atoms with Crippen LogP contribution in [0.15, 0.2) is 30.5 Å². The summed E-state index contributed by atoms with van der Waals surface area (Å²) >= 11 is 0. The number of nitrogens with one attached hydrogen (secondary N) is 1. The van der Waals surface area contributed by atoms with Crippen LogP contribution in [0.3, 0.4) is 0 Å². The van der Waals surface area contributed by atoms with Crippen LogP contribution in [0.2, 0.25) is 0 Å². The predicted octanol–water partition coefficient (Wildman–Crippen LogP) is 3.70. The van der Waals surface area contributed by atoms with Crippen molar-refractivity contribution < 1.29 is 13.2 Å². The molecule has 1 aromatic carbocycles. The molecule has 0 aliphatic rings. The smallest absolute Gasteiger partial charge is 0.347 e. The Kier molecular flexibility index (Phi) is 4.14. The number of rotatable bonds is 5. The Hall–Kier alpha value is -1.49. The Bertz CT molecular complexity index is 543. The highest BCUT2D eigenvalue weighted by Gasteiger charge is 2.26. The van der Waals surface area contributed by atoms with Crippen molar-refractivity contribution in [2.45, 2.75) is 32.1 Å². The Morgan fingerprint density at radius 3 is 2.63 bits per heavy atom. The van der Waals surface area contributed by atoms with Gasteiger partial charge in [-0.3, -0.25) is 0 Å². The summed E-state index contributed by atoms with van der Waals surface area (Å²) < 4.78 is 38.4. The van der Waals surface area contributed by atoms with Crippen molar-refractivity contribution in [3.05, 3.63) is 36.0 Å². The van der Waals surface area contributed by atoms with E-state index in [0.29, 0.717) is 13.1 Å². The van der Waals surface area contributed by atoms with Crippen molar-refractivity contribution >= 4 is 10.9 Å². The van der Waals surface area contributed by atoms with Gasteiger partial charge in [0.1, 0.15) is 0 Å². The summed E-state index contributed by atoms with van der Waals surface area (Å²) in [7, 11) is 1.86. The molecule has 2 aromatic rings. The summed E-state index contributed by atoms with van der Waals surface area (Å²) in [6.07, 6.45) is -2.75. The fourth-order valence-electron chi connectivity index (χ4n) is 2.29. The Morgan fingerprint density at radius 1 is 1.21 bits per heavy atom. The molecule has 104 valence electrons. The van der Waals surface area contributed by atoms with Crippen LogP contribution in [0.25, 0.3) is 10.9 Å². The molecule has 2 nitrogen and oxygen atoms in total. The van der Waals surface area contributed by atoms with Gasteiger partial charge in [-0.1, -0.05) is 18.2 Å². The van der Waals surface area contributed by atoms with E-state index in [1.165, 1.54) is 0 Å². The zero-order valence-electron chi connectivity index (χ0n) is 10.8. The van der Waals surface area contributed by atoms with E-state index in [1.807, 2.05) is 42.1 Å². The number of aromatic nitrogens is 1. The van der Waals surface area contributed by atoms with Crippen molar-refractivity contribution in [3.63, 3.8) is 0 Å². The summed E-state index contributed by atoms with van der Waals surface area (Å²) in [5.74, 6) is 0. The molecule has 0 aliphatic carbocycles. The number of hydrogen-bond donors (Lipinski definition) is 1. The molecule has 2 rings (SSSR count). The number of hydrogen-bond acceptors (Lipinski definition) is 1. The Morgan fingerprint density at radius 2 is 1.95 bits per heavy atom. The van der Waals surface area contributed by atoms with Crippen molar-refractivity contribution in [1.82, 2.24) is 9.88 Å². The largest absolute Gasteiger partial charge is 0.389 e. The molecule has 1 heterocycles. The second-order valence-electron chi connectivity index (χ2n) is 4.61. The van der Waals surface area contributed by atoms with Crippen LogP contribution in [0.1, 0.15) is 18.4 Å². The highest BCUT2D eigenvalue weighted by Crippen LogP contribution is 2.25. The van der Waals surface area contributed by atoms with Gasteiger partial charge in [0.2, 0.25) is 0 Å². The lowest BCUT2D eigenvalue weighted by atomic mass is 10.2. The first-order valence-electron chi connectivity index (χ1n) is 6.29. The van der Waals surface area contributed by atoms with E-state index in [0.717, 1.165) is 16.5 Å². The van der Waals surface area contributed by atoms with E-state index < -0.39 is 12.6 Å². The first kappa shape index (κ1) is 13.9. The molecule has 1 N–H and O–H groups in total. The van der Waals surface area contributed by atoms with Crippen LogP contribution in [-0.2, 0) is 13.1 Å². The van der Waals surface area contributed by atoms with E-state index in [4.69, 9.17) is 0 Å². The van der Waals surface area contributed by atoms with E-state index >= 15 is 0 Å². The molecule has 0 radical (unpaired) electrons. The Balaban J connectivity index is 2.18. The molecule has 0 unspecified atom stereocenters. The van der Waals surface area contributed by atoms with Gasteiger partial charge in [0, 0.05) is 36.6 Å². The molecule has 0 aliphatic heterocycles. The lowest BCUT2D eigenvalue weighted by Gasteiger charge is -2.07. The highest BCUT2D eigenvalue weighted by molar-refractivity contribution is 5.83. The monoisotopic (exact) mass is 270 g/mol. The highest BCUT2D eigenvalue weighted by atomic mass is 19.4. The number of benzene rings is 1. The van der Waals surface area contributed by atoms with Gasteiger partial charge in [-0.05, 0) is 25.1 Å². The summed E-state index contributed by atoms with van der Waals surface area (Å²) in [6.45, 7) is 1.11. The van der Waals surface area contributed by atoms with Crippen LogP contribution >= 0.6 is 0 Å². The first-order valence-corrected chi connectivity index (χ1v) is 6.29. The van der Waals surface area contributed by atoms with Gasteiger partial charge in [-0.2, -0.15) is 13.2 Å². The number of aryl methyl sites for hydroxylation is 1. The number of fused-ring (bicyclic) bond motifs is 1. The van der Waals surface area contributed by atoms with Gasteiger partial charge >= 0.3 is 6.18 Å². The van der Waals surface area contributed by atoms with Crippen molar-refractivity contribution in [1.29, 1.82) is 0 Å². The maximum absolute atomic E-state index is 12.2. The van der Waals surface area contributed by atoms with Crippen molar-refractivity contribution in [3.8, 4) is 0 Å². The summed E-state index contributed by atoms with van der Waals surface area (Å²) in [6, 6.07) is 7.80. The van der Waals surface area contributed by atoms with Crippen LogP contribution in [0, 0.1) is 0 Å². The third-order valence-electron chi connectivity index (χ3n) is 3.10. The van der Waals surface area contributed by atoms with Crippen LogP contribution in [-0.4, -0.2) is 17.8 Å². The molecule has 0 saturated carbocycles. The number of para-hydroxylation sites is 1. The molecule has 0 fully saturated rings. The van der Waals surface area contributed by atoms with Crippen molar-refractivity contribution in [2.24, 2.45) is 0 Å². The third-order valence-corrected chi connectivity index (χ3v) is 3.10. The van der Waals surface area contributed by atoms with Gasteiger partial charge in [-0.15, -0.1) is 0 Å². The number of nitrogens with zero attached hydrogens (tertiary/aromatic N) is 1. The standard InChI is InChI=1S/C14H17F3N2/c1-18-9-11-10-19(8-4-7-14(15,16)17)13-6-3-2-5-12(11)13/h2-3,5-6,10,18H,4,7-9H2,1H3. The maximum atomic E-state index is 12.2. The third kappa shape index (κ3) is 3.50. The van der Waals surface area contributed by atoms with Gasteiger partial charge < -0.3 is 9.88 Å². The fraction of sp³-hybridized carbons (Fsp3) is 0.429. The topological polar surface area (TPSA) is 17.0 Å². The molecule has 0 saturated heterocycles.